The van der Waals surface area contributed by atoms with Gasteiger partial charge in [0.2, 0.25) is 0 Å². The summed E-state index contributed by atoms with van der Waals surface area (Å²) in [5.74, 6) is 0.975. The molecular formula is C37H47ClFN5. The van der Waals surface area contributed by atoms with Crippen LogP contribution >= 0.6 is 11.6 Å². The fourth-order valence-corrected chi connectivity index (χ4v) is 7.68. The maximum Gasteiger partial charge on any atom is 0.158 e. The normalized spacial score (nSPS) is 19.0. The van der Waals surface area contributed by atoms with Gasteiger partial charge in [-0.05, 0) is 105 Å². The van der Waals surface area contributed by atoms with E-state index in [2.05, 4.69) is 43.1 Å². The van der Waals surface area contributed by atoms with Crippen LogP contribution in [0.25, 0.3) is 32.8 Å². The molecule has 2 bridgehead atoms. The molecule has 2 aliphatic rings. The van der Waals surface area contributed by atoms with Crippen LogP contribution in [0, 0.1) is 19.7 Å². The van der Waals surface area contributed by atoms with E-state index in [0.717, 1.165) is 92.0 Å². The number of aryl methyl sites for hydroxylation is 3. The molecule has 0 aliphatic carbocycles. The van der Waals surface area contributed by atoms with Gasteiger partial charge in [0.15, 0.2) is 5.82 Å². The second-order valence-electron chi connectivity index (χ2n) is 13.1. The van der Waals surface area contributed by atoms with Crippen molar-refractivity contribution >= 4 is 39.1 Å². The minimum Gasteiger partial charge on any atom is -0.369 e. The average Bonchev–Trinajstić information content (AvgIpc) is 3.03. The van der Waals surface area contributed by atoms with E-state index in [-0.39, 0.29) is 11.9 Å². The fourth-order valence-electron chi connectivity index (χ4n) is 7.39. The lowest BCUT2D eigenvalue weighted by atomic mass is 9.79. The number of unbranched alkanes of at least 4 members (excludes halogenated alkanes) is 2. The van der Waals surface area contributed by atoms with Crippen molar-refractivity contribution < 1.29 is 4.39 Å². The second kappa shape index (κ2) is 13.7. The number of hydrogen-bond acceptors (Lipinski definition) is 5. The summed E-state index contributed by atoms with van der Waals surface area (Å²) in [6.45, 7) is 8.19. The molecule has 6 rings (SSSR count). The third kappa shape index (κ3) is 6.31. The van der Waals surface area contributed by atoms with Crippen molar-refractivity contribution in [2.24, 2.45) is 5.73 Å². The topological polar surface area (TPSA) is 67.1 Å². The van der Waals surface area contributed by atoms with E-state index in [0.29, 0.717) is 33.1 Å². The molecule has 2 aliphatic heterocycles. The number of halogens is 2. The van der Waals surface area contributed by atoms with Gasteiger partial charge in [-0.15, -0.1) is 0 Å². The van der Waals surface area contributed by atoms with Gasteiger partial charge in [0, 0.05) is 42.0 Å². The van der Waals surface area contributed by atoms with Crippen LogP contribution in [0.1, 0.15) is 88.1 Å². The smallest absolute Gasteiger partial charge is 0.158 e. The number of rotatable bonds is 13. The Morgan fingerprint density at radius 3 is 2.55 bits per heavy atom. The van der Waals surface area contributed by atoms with E-state index >= 15 is 4.39 Å². The molecule has 0 spiro atoms. The number of hydrogen-bond donors (Lipinski definition) is 2. The summed E-state index contributed by atoms with van der Waals surface area (Å²) in [7, 11) is 0. The minimum absolute atomic E-state index is 0.241. The van der Waals surface area contributed by atoms with E-state index in [4.69, 9.17) is 27.3 Å². The molecule has 3 N–H and O–H groups in total. The van der Waals surface area contributed by atoms with Gasteiger partial charge in [-0.1, -0.05) is 61.7 Å². The average molecular weight is 616 g/mol. The van der Waals surface area contributed by atoms with Crippen LogP contribution in [0.15, 0.2) is 36.4 Å². The first-order chi connectivity index (χ1) is 21.4. The monoisotopic (exact) mass is 615 g/mol. The van der Waals surface area contributed by atoms with Crippen molar-refractivity contribution in [3.63, 3.8) is 0 Å². The summed E-state index contributed by atoms with van der Waals surface area (Å²) in [6, 6.07) is 13.9. The van der Waals surface area contributed by atoms with Gasteiger partial charge in [-0.3, -0.25) is 4.90 Å². The van der Waals surface area contributed by atoms with Gasteiger partial charge >= 0.3 is 0 Å². The zero-order valence-corrected chi connectivity index (χ0v) is 27.3. The maximum absolute atomic E-state index is 16.8. The van der Waals surface area contributed by atoms with Crippen LogP contribution in [-0.4, -0.2) is 46.1 Å². The molecule has 5 nitrogen and oxygen atoms in total. The van der Waals surface area contributed by atoms with Crippen LogP contribution < -0.4 is 11.1 Å². The molecule has 7 heteroatoms. The number of piperidine rings is 1. The van der Waals surface area contributed by atoms with Crippen molar-refractivity contribution in [1.29, 1.82) is 0 Å². The highest BCUT2D eigenvalue weighted by Crippen LogP contribution is 2.42. The maximum atomic E-state index is 16.8. The predicted octanol–water partition coefficient (Wildman–Crippen LogP) is 9.13. The standard InChI is InChI=1S/C37H47ClFN5/c1-4-25(40)12-7-9-18-41-37-31-22-32(38)34(30-20-23(2)24(3)28-15-5-6-16-29(28)30)35(39)36(31)42-33(43-37)17-8-10-19-44-26-13-11-14-27(44)21-26/h5-6,15-16,20,22,25-27H,4,7-14,17-19,21,40H2,1-3H3,(H,41,42,43). The van der Waals surface area contributed by atoms with E-state index in [1.54, 1.807) is 0 Å². The van der Waals surface area contributed by atoms with Crippen LogP contribution in [0.5, 0.6) is 0 Å². The molecule has 3 heterocycles. The Balaban J connectivity index is 1.31. The Morgan fingerprint density at radius 1 is 1.02 bits per heavy atom. The van der Waals surface area contributed by atoms with Crippen molar-refractivity contribution in [3.8, 4) is 11.1 Å². The number of nitrogens with zero attached hydrogens (tertiary/aromatic N) is 3. The highest BCUT2D eigenvalue weighted by atomic mass is 35.5. The Hall–Kier alpha value is -2.80. The first-order valence-corrected chi connectivity index (χ1v) is 17.2. The Kier molecular flexibility index (Phi) is 9.70. The molecular weight excluding hydrogens is 569 g/mol. The summed E-state index contributed by atoms with van der Waals surface area (Å²) in [6.07, 6.45) is 12.3. The summed E-state index contributed by atoms with van der Waals surface area (Å²) in [5.41, 5.74) is 9.97. The molecule has 234 valence electrons. The SMILES string of the molecule is CCC(N)CCCCNc1nc(CCCCN2C3CCCC2C3)nc2c(F)c(-c3cc(C)c(C)c4ccccc34)c(Cl)cc12. The van der Waals surface area contributed by atoms with Crippen LogP contribution in [0.2, 0.25) is 5.02 Å². The molecule has 0 amide bonds. The quantitative estimate of drug-likeness (QED) is 0.147. The number of nitrogens with one attached hydrogen (secondary N) is 1. The van der Waals surface area contributed by atoms with Crippen molar-refractivity contribution in [3.05, 3.63) is 64.2 Å². The van der Waals surface area contributed by atoms with Crippen LogP contribution in [0.4, 0.5) is 10.2 Å². The third-order valence-electron chi connectivity index (χ3n) is 10.2. The zero-order chi connectivity index (χ0) is 30.8. The summed E-state index contributed by atoms with van der Waals surface area (Å²) in [5, 5.41) is 6.61. The molecule has 1 aromatic heterocycles. The third-order valence-corrected chi connectivity index (χ3v) is 10.5. The number of aromatic nitrogens is 2. The first kappa shape index (κ1) is 31.2. The van der Waals surface area contributed by atoms with Gasteiger partial charge in [-0.2, -0.15) is 0 Å². The van der Waals surface area contributed by atoms with Gasteiger partial charge in [0.1, 0.15) is 17.2 Å². The lowest BCUT2D eigenvalue weighted by Crippen LogP contribution is -2.58. The van der Waals surface area contributed by atoms with Crippen LogP contribution in [-0.2, 0) is 6.42 Å². The van der Waals surface area contributed by atoms with Gasteiger partial charge in [-0.25, -0.2) is 14.4 Å². The van der Waals surface area contributed by atoms with Gasteiger partial charge < -0.3 is 11.1 Å². The largest absolute Gasteiger partial charge is 0.369 e. The van der Waals surface area contributed by atoms with Crippen molar-refractivity contribution in [1.82, 2.24) is 14.9 Å². The number of anilines is 1. The molecule has 3 unspecified atom stereocenters. The molecule has 2 fully saturated rings. The van der Waals surface area contributed by atoms with E-state index < -0.39 is 0 Å². The molecule has 0 saturated carbocycles. The van der Waals surface area contributed by atoms with Crippen molar-refractivity contribution in [2.45, 2.75) is 110 Å². The van der Waals surface area contributed by atoms with E-state index in [9.17, 15) is 0 Å². The van der Waals surface area contributed by atoms with E-state index in [1.807, 2.05) is 24.3 Å². The zero-order valence-electron chi connectivity index (χ0n) is 26.6. The predicted molar refractivity (Wildman–Crippen MR) is 183 cm³/mol. The molecule has 4 aromatic rings. The number of nitrogens with two attached hydrogens (primary N) is 1. The van der Waals surface area contributed by atoms with Crippen LogP contribution in [0.3, 0.4) is 0 Å². The minimum atomic E-state index is -0.380. The summed E-state index contributed by atoms with van der Waals surface area (Å²) >= 11 is 6.93. The first-order valence-electron chi connectivity index (χ1n) is 16.8. The second-order valence-corrected chi connectivity index (χ2v) is 13.5. The van der Waals surface area contributed by atoms with Gasteiger partial charge in [0.25, 0.3) is 0 Å². The number of benzene rings is 3. The lowest BCUT2D eigenvalue weighted by Gasteiger charge is -2.53. The Morgan fingerprint density at radius 2 is 1.80 bits per heavy atom. The van der Waals surface area contributed by atoms with Crippen molar-refractivity contribution in [2.75, 3.05) is 18.4 Å². The summed E-state index contributed by atoms with van der Waals surface area (Å²) < 4.78 is 16.8. The van der Waals surface area contributed by atoms with E-state index in [1.165, 1.54) is 31.2 Å². The summed E-state index contributed by atoms with van der Waals surface area (Å²) in [4.78, 5) is 12.5. The molecule has 0 radical (unpaired) electrons. The highest BCUT2D eigenvalue weighted by Gasteiger charge is 2.40. The lowest BCUT2D eigenvalue weighted by molar-refractivity contribution is -0.0277. The molecule has 3 atom stereocenters. The Bertz CT molecular complexity index is 1620. The van der Waals surface area contributed by atoms with Gasteiger partial charge in [0.05, 0.1) is 5.02 Å². The Labute approximate surface area is 266 Å². The number of fused-ring (bicyclic) bond motifs is 4. The molecule has 44 heavy (non-hydrogen) atoms. The molecule has 2 saturated heterocycles. The fraction of sp³-hybridized carbons (Fsp3) is 0.514. The highest BCUT2D eigenvalue weighted by molar-refractivity contribution is 6.35. The molecule has 3 aromatic carbocycles.